The maximum atomic E-state index is 12.7. The molecular formula is C15H10Br2N2O. The van der Waals surface area contributed by atoms with Gasteiger partial charge in [-0.1, -0.05) is 28.1 Å². The lowest BCUT2D eigenvalue weighted by Crippen LogP contribution is -2.22. The highest BCUT2D eigenvalue weighted by molar-refractivity contribution is 9.11. The average Bonchev–Trinajstić information content (AvgIpc) is 2.42. The summed E-state index contributed by atoms with van der Waals surface area (Å²) in [5, 5.41) is 0.616. The molecule has 1 heterocycles. The number of aromatic nitrogens is 2. The second-order valence-corrected chi connectivity index (χ2v) is 6.18. The summed E-state index contributed by atoms with van der Waals surface area (Å²) < 4.78 is 3.38. The van der Waals surface area contributed by atoms with Crippen LogP contribution < -0.4 is 5.56 Å². The van der Waals surface area contributed by atoms with E-state index in [0.717, 1.165) is 20.1 Å². The Morgan fingerprint density at radius 1 is 1.10 bits per heavy atom. The molecule has 3 aromatic rings. The molecule has 0 unspecified atom stereocenters. The molecule has 0 aliphatic rings. The first-order chi connectivity index (χ1) is 9.58. The van der Waals surface area contributed by atoms with Crippen LogP contribution in [0.25, 0.3) is 16.6 Å². The number of para-hydroxylation sites is 1. The Labute approximate surface area is 132 Å². The Bertz CT molecular complexity index is 871. The lowest BCUT2D eigenvalue weighted by Gasteiger charge is -2.12. The van der Waals surface area contributed by atoms with Crippen molar-refractivity contribution < 1.29 is 0 Å². The van der Waals surface area contributed by atoms with Crippen molar-refractivity contribution in [1.82, 2.24) is 9.55 Å². The molecule has 0 saturated heterocycles. The van der Waals surface area contributed by atoms with Gasteiger partial charge in [-0.2, -0.15) is 0 Å². The van der Waals surface area contributed by atoms with Gasteiger partial charge in [-0.3, -0.25) is 9.36 Å². The number of benzene rings is 2. The monoisotopic (exact) mass is 392 g/mol. The number of halogens is 2. The first kappa shape index (κ1) is 13.5. The van der Waals surface area contributed by atoms with Crippen molar-refractivity contribution >= 4 is 42.8 Å². The minimum atomic E-state index is -0.0631. The zero-order valence-electron chi connectivity index (χ0n) is 10.6. The highest BCUT2D eigenvalue weighted by atomic mass is 79.9. The summed E-state index contributed by atoms with van der Waals surface area (Å²) in [7, 11) is 0. The normalized spacial score (nSPS) is 10.9. The molecule has 0 radical (unpaired) electrons. The summed E-state index contributed by atoms with van der Waals surface area (Å²) in [5.41, 5.74) is 1.43. The second kappa shape index (κ2) is 5.14. The topological polar surface area (TPSA) is 34.9 Å². The van der Waals surface area contributed by atoms with Crippen molar-refractivity contribution in [2.45, 2.75) is 6.92 Å². The molecule has 0 aliphatic carbocycles. The summed E-state index contributed by atoms with van der Waals surface area (Å²) in [6.07, 6.45) is 0. The van der Waals surface area contributed by atoms with Crippen molar-refractivity contribution in [3.8, 4) is 5.69 Å². The lowest BCUT2D eigenvalue weighted by atomic mass is 10.2. The van der Waals surface area contributed by atoms with E-state index >= 15 is 0 Å². The third-order valence-electron chi connectivity index (χ3n) is 3.09. The quantitative estimate of drug-likeness (QED) is 0.620. The molecule has 0 fully saturated rings. The predicted octanol–water partition coefficient (Wildman–Crippen LogP) is 4.22. The molecule has 0 bridgehead atoms. The van der Waals surface area contributed by atoms with Gasteiger partial charge in [-0.25, -0.2) is 4.98 Å². The molecule has 0 amide bonds. The van der Waals surface area contributed by atoms with E-state index < -0.39 is 0 Å². The van der Waals surface area contributed by atoms with Crippen molar-refractivity contribution in [3.63, 3.8) is 0 Å². The van der Waals surface area contributed by atoms with Gasteiger partial charge in [0.25, 0.3) is 5.56 Å². The lowest BCUT2D eigenvalue weighted by molar-refractivity contribution is 0.890. The van der Waals surface area contributed by atoms with E-state index in [1.165, 1.54) is 0 Å². The van der Waals surface area contributed by atoms with Crippen LogP contribution >= 0.6 is 31.9 Å². The van der Waals surface area contributed by atoms with Crippen LogP contribution in [0.15, 0.2) is 56.2 Å². The molecule has 1 aromatic heterocycles. The van der Waals surface area contributed by atoms with Gasteiger partial charge in [0, 0.05) is 8.95 Å². The maximum absolute atomic E-state index is 12.7. The average molecular weight is 394 g/mol. The van der Waals surface area contributed by atoms with Gasteiger partial charge in [-0.15, -0.1) is 0 Å². The number of fused-ring (bicyclic) bond motifs is 1. The van der Waals surface area contributed by atoms with E-state index in [4.69, 9.17) is 0 Å². The summed E-state index contributed by atoms with van der Waals surface area (Å²) in [6.45, 7) is 1.83. The number of hydrogen-bond acceptors (Lipinski definition) is 2. The fourth-order valence-corrected chi connectivity index (χ4v) is 2.96. The maximum Gasteiger partial charge on any atom is 0.265 e. The van der Waals surface area contributed by atoms with E-state index in [0.29, 0.717) is 11.2 Å². The first-order valence-corrected chi connectivity index (χ1v) is 7.60. The van der Waals surface area contributed by atoms with Crippen LogP contribution in [0.1, 0.15) is 5.82 Å². The van der Waals surface area contributed by atoms with Gasteiger partial charge in [0.1, 0.15) is 5.82 Å². The Balaban J connectivity index is 2.42. The largest absolute Gasteiger partial charge is 0.268 e. The van der Waals surface area contributed by atoms with Crippen molar-refractivity contribution in [2.75, 3.05) is 0 Å². The minimum Gasteiger partial charge on any atom is -0.268 e. The van der Waals surface area contributed by atoms with E-state index in [-0.39, 0.29) is 5.56 Å². The van der Waals surface area contributed by atoms with Crippen LogP contribution in [0.3, 0.4) is 0 Å². The fourth-order valence-electron chi connectivity index (χ4n) is 2.18. The molecule has 0 N–H and O–H groups in total. The summed E-state index contributed by atoms with van der Waals surface area (Å²) in [5.74, 6) is 0.660. The standard InChI is InChI=1S/C15H10Br2N2O/c1-9-18-13-5-3-2-4-11(13)15(20)19(9)14-8-10(16)6-7-12(14)17/h2-8H,1H3. The highest BCUT2D eigenvalue weighted by Gasteiger charge is 2.12. The van der Waals surface area contributed by atoms with Crippen LogP contribution in [-0.2, 0) is 0 Å². The van der Waals surface area contributed by atoms with Crippen LogP contribution in [0.4, 0.5) is 0 Å². The number of hydrogen-bond donors (Lipinski definition) is 0. The van der Waals surface area contributed by atoms with Gasteiger partial charge in [0.15, 0.2) is 0 Å². The van der Waals surface area contributed by atoms with Crippen LogP contribution in [-0.4, -0.2) is 9.55 Å². The van der Waals surface area contributed by atoms with Gasteiger partial charge < -0.3 is 0 Å². The molecule has 0 spiro atoms. The molecule has 20 heavy (non-hydrogen) atoms. The van der Waals surface area contributed by atoms with Gasteiger partial charge in [0.2, 0.25) is 0 Å². The van der Waals surface area contributed by atoms with Crippen LogP contribution in [0.5, 0.6) is 0 Å². The summed E-state index contributed by atoms with van der Waals surface area (Å²) in [4.78, 5) is 17.2. The Hall–Kier alpha value is -1.46. The molecule has 3 nitrogen and oxygen atoms in total. The Morgan fingerprint density at radius 3 is 2.65 bits per heavy atom. The highest BCUT2D eigenvalue weighted by Crippen LogP contribution is 2.25. The Morgan fingerprint density at radius 2 is 1.85 bits per heavy atom. The van der Waals surface area contributed by atoms with Gasteiger partial charge in [-0.05, 0) is 53.2 Å². The van der Waals surface area contributed by atoms with E-state index in [1.807, 2.05) is 43.3 Å². The number of aryl methyl sites for hydroxylation is 1. The van der Waals surface area contributed by atoms with E-state index in [1.54, 1.807) is 10.6 Å². The zero-order chi connectivity index (χ0) is 14.3. The molecule has 3 rings (SSSR count). The van der Waals surface area contributed by atoms with Gasteiger partial charge in [0.05, 0.1) is 16.6 Å². The number of nitrogens with zero attached hydrogens (tertiary/aromatic N) is 2. The summed E-state index contributed by atoms with van der Waals surface area (Å²) >= 11 is 6.93. The van der Waals surface area contributed by atoms with Crippen molar-refractivity contribution in [1.29, 1.82) is 0 Å². The second-order valence-electron chi connectivity index (χ2n) is 4.41. The fraction of sp³-hybridized carbons (Fsp3) is 0.0667. The minimum absolute atomic E-state index is 0.0631. The molecule has 2 aromatic carbocycles. The number of rotatable bonds is 1. The molecular weight excluding hydrogens is 384 g/mol. The Kier molecular flexibility index (Phi) is 3.48. The molecule has 0 atom stereocenters. The summed E-state index contributed by atoms with van der Waals surface area (Å²) in [6, 6.07) is 13.1. The van der Waals surface area contributed by atoms with Crippen LogP contribution in [0, 0.1) is 6.92 Å². The van der Waals surface area contributed by atoms with Crippen LogP contribution in [0.2, 0.25) is 0 Å². The smallest absolute Gasteiger partial charge is 0.265 e. The SMILES string of the molecule is Cc1nc2ccccc2c(=O)n1-c1cc(Br)ccc1Br. The zero-order valence-corrected chi connectivity index (χ0v) is 13.8. The van der Waals surface area contributed by atoms with Crippen molar-refractivity contribution in [2.24, 2.45) is 0 Å². The predicted molar refractivity (Wildman–Crippen MR) is 87.5 cm³/mol. The third-order valence-corrected chi connectivity index (χ3v) is 4.26. The van der Waals surface area contributed by atoms with E-state index in [2.05, 4.69) is 36.8 Å². The van der Waals surface area contributed by atoms with Crippen molar-refractivity contribution in [3.05, 3.63) is 67.6 Å². The molecule has 0 saturated carbocycles. The molecule has 5 heteroatoms. The van der Waals surface area contributed by atoms with Gasteiger partial charge >= 0.3 is 0 Å². The third kappa shape index (κ3) is 2.21. The first-order valence-electron chi connectivity index (χ1n) is 6.02. The molecule has 0 aliphatic heterocycles. The molecule has 100 valence electrons. The van der Waals surface area contributed by atoms with E-state index in [9.17, 15) is 4.79 Å².